The highest BCUT2D eigenvalue weighted by Gasteiger charge is 1.94. The maximum Gasteiger partial charge on any atom is 0.303 e. The monoisotopic (exact) mass is 320 g/mol. The lowest BCUT2D eigenvalue weighted by Crippen LogP contribution is -1.98. The van der Waals surface area contributed by atoms with Gasteiger partial charge in [0.2, 0.25) is 0 Å². The van der Waals surface area contributed by atoms with Gasteiger partial charge in [0, 0.05) is 6.42 Å². The third-order valence-electron chi connectivity index (χ3n) is 3.33. The standard InChI is InChI=1S/C20H32O3/c1-2-3-4-5-10-13-16-19(21)17-14-11-8-6-7-9-12-15-18-20(22)23/h6-8,10-11,13-14,17,19,21H,2-5,9,12,15-16,18H2,1H3,(H,22,23)/b7-6-,11-8+,13-10-,17-14+/t19-/m0/s1. The van der Waals surface area contributed by atoms with Gasteiger partial charge in [-0.15, -0.1) is 0 Å². The molecule has 0 saturated heterocycles. The van der Waals surface area contributed by atoms with Crippen LogP contribution in [0.4, 0.5) is 0 Å². The minimum Gasteiger partial charge on any atom is -0.481 e. The molecule has 0 bridgehead atoms. The van der Waals surface area contributed by atoms with Gasteiger partial charge >= 0.3 is 5.97 Å². The maximum absolute atomic E-state index is 10.3. The quantitative estimate of drug-likeness (QED) is 0.263. The topological polar surface area (TPSA) is 57.5 Å². The molecule has 0 aromatic carbocycles. The van der Waals surface area contributed by atoms with E-state index in [1.54, 1.807) is 6.08 Å². The van der Waals surface area contributed by atoms with Crippen molar-refractivity contribution in [1.29, 1.82) is 0 Å². The van der Waals surface area contributed by atoms with Crippen molar-refractivity contribution in [2.45, 2.75) is 70.8 Å². The third-order valence-corrected chi connectivity index (χ3v) is 3.33. The Morgan fingerprint density at radius 2 is 1.61 bits per heavy atom. The van der Waals surface area contributed by atoms with E-state index >= 15 is 0 Å². The Labute approximate surface area is 141 Å². The summed E-state index contributed by atoms with van der Waals surface area (Å²) in [4.78, 5) is 10.3. The first-order valence-corrected chi connectivity index (χ1v) is 8.71. The number of hydrogen-bond donors (Lipinski definition) is 2. The molecule has 0 spiro atoms. The van der Waals surface area contributed by atoms with E-state index < -0.39 is 12.1 Å². The molecule has 23 heavy (non-hydrogen) atoms. The van der Waals surface area contributed by atoms with Gasteiger partial charge in [-0.25, -0.2) is 0 Å². The van der Waals surface area contributed by atoms with Crippen molar-refractivity contribution < 1.29 is 15.0 Å². The normalized spacial score (nSPS) is 13.8. The molecule has 0 amide bonds. The number of rotatable bonds is 14. The Hall–Kier alpha value is -1.61. The van der Waals surface area contributed by atoms with Gasteiger partial charge in [0.1, 0.15) is 0 Å². The van der Waals surface area contributed by atoms with E-state index in [2.05, 4.69) is 13.0 Å². The van der Waals surface area contributed by atoms with Gasteiger partial charge in [-0.2, -0.15) is 0 Å². The van der Waals surface area contributed by atoms with Crippen molar-refractivity contribution in [3.05, 3.63) is 48.6 Å². The fraction of sp³-hybridized carbons (Fsp3) is 0.550. The highest BCUT2D eigenvalue weighted by molar-refractivity contribution is 5.66. The summed E-state index contributed by atoms with van der Waals surface area (Å²) in [5.74, 6) is -0.728. The molecule has 0 aliphatic heterocycles. The highest BCUT2D eigenvalue weighted by Crippen LogP contribution is 2.03. The molecule has 2 N–H and O–H groups in total. The summed E-state index contributed by atoms with van der Waals surface area (Å²) in [5, 5.41) is 18.3. The van der Waals surface area contributed by atoms with Gasteiger partial charge in [-0.05, 0) is 38.5 Å². The molecular weight excluding hydrogens is 288 g/mol. The van der Waals surface area contributed by atoms with E-state index in [1.807, 2.05) is 36.5 Å². The molecule has 0 heterocycles. The summed E-state index contributed by atoms with van der Waals surface area (Å²) in [5.41, 5.74) is 0. The summed E-state index contributed by atoms with van der Waals surface area (Å²) in [6, 6.07) is 0. The van der Waals surface area contributed by atoms with Gasteiger partial charge in [0.15, 0.2) is 0 Å². The molecule has 130 valence electrons. The molecule has 0 aliphatic carbocycles. The van der Waals surface area contributed by atoms with Crippen molar-refractivity contribution in [2.75, 3.05) is 0 Å². The van der Waals surface area contributed by atoms with Crippen LogP contribution in [-0.4, -0.2) is 22.3 Å². The van der Waals surface area contributed by atoms with Gasteiger partial charge in [-0.3, -0.25) is 4.79 Å². The minimum absolute atomic E-state index is 0.247. The minimum atomic E-state index is -0.728. The average Bonchev–Trinajstić information content (AvgIpc) is 2.52. The number of carboxylic acids is 1. The largest absolute Gasteiger partial charge is 0.481 e. The number of aliphatic hydroxyl groups excluding tert-OH is 1. The zero-order chi connectivity index (χ0) is 17.2. The SMILES string of the molecule is CCCCC/C=C\C[C@H](O)/C=C/C=C/C=C\CCCCC(=O)O. The molecule has 0 saturated carbocycles. The Bertz CT molecular complexity index is 392. The number of unbranched alkanes of at least 4 members (excludes halogenated alkanes) is 5. The molecule has 0 aromatic rings. The zero-order valence-corrected chi connectivity index (χ0v) is 14.4. The molecule has 3 heteroatoms. The van der Waals surface area contributed by atoms with Gasteiger partial charge in [-0.1, -0.05) is 68.4 Å². The Morgan fingerprint density at radius 1 is 0.913 bits per heavy atom. The van der Waals surface area contributed by atoms with Crippen LogP contribution in [-0.2, 0) is 4.79 Å². The molecule has 0 radical (unpaired) electrons. The van der Waals surface area contributed by atoms with E-state index in [0.29, 0.717) is 6.42 Å². The first-order chi connectivity index (χ1) is 11.2. The number of aliphatic hydroxyl groups is 1. The highest BCUT2D eigenvalue weighted by atomic mass is 16.4. The molecule has 3 nitrogen and oxygen atoms in total. The average molecular weight is 320 g/mol. The van der Waals surface area contributed by atoms with Crippen LogP contribution in [0.3, 0.4) is 0 Å². The van der Waals surface area contributed by atoms with Crippen LogP contribution in [0.1, 0.15) is 64.7 Å². The van der Waals surface area contributed by atoms with Crippen LogP contribution in [0.2, 0.25) is 0 Å². The fourth-order valence-corrected chi connectivity index (χ4v) is 1.98. The predicted octanol–water partition coefficient (Wildman–Crippen LogP) is 5.19. The van der Waals surface area contributed by atoms with Crippen LogP contribution in [0.25, 0.3) is 0 Å². The second-order valence-electron chi connectivity index (χ2n) is 5.61. The molecule has 0 fully saturated rings. The van der Waals surface area contributed by atoms with Gasteiger partial charge < -0.3 is 10.2 Å². The number of allylic oxidation sites excluding steroid dienone is 6. The number of carboxylic acid groups (broad SMARTS) is 1. The van der Waals surface area contributed by atoms with Crippen molar-refractivity contribution in [1.82, 2.24) is 0 Å². The summed E-state index contributed by atoms with van der Waals surface area (Å²) < 4.78 is 0. The smallest absolute Gasteiger partial charge is 0.303 e. The number of carbonyl (C=O) groups is 1. The number of hydrogen-bond acceptors (Lipinski definition) is 2. The van der Waals surface area contributed by atoms with E-state index in [0.717, 1.165) is 25.7 Å². The van der Waals surface area contributed by atoms with Crippen LogP contribution in [0.15, 0.2) is 48.6 Å². The lowest BCUT2D eigenvalue weighted by Gasteiger charge is -1.99. The van der Waals surface area contributed by atoms with E-state index in [-0.39, 0.29) is 6.42 Å². The zero-order valence-electron chi connectivity index (χ0n) is 14.4. The predicted molar refractivity (Wildman–Crippen MR) is 97.4 cm³/mol. The van der Waals surface area contributed by atoms with Crippen molar-refractivity contribution >= 4 is 5.97 Å². The van der Waals surface area contributed by atoms with Crippen LogP contribution < -0.4 is 0 Å². The first-order valence-electron chi connectivity index (χ1n) is 8.71. The van der Waals surface area contributed by atoms with E-state index in [9.17, 15) is 9.90 Å². The second kappa shape index (κ2) is 16.8. The van der Waals surface area contributed by atoms with Crippen LogP contribution >= 0.6 is 0 Å². The Balaban J connectivity index is 3.64. The van der Waals surface area contributed by atoms with Crippen molar-refractivity contribution in [3.63, 3.8) is 0 Å². The van der Waals surface area contributed by atoms with E-state index in [4.69, 9.17) is 5.11 Å². The first kappa shape index (κ1) is 21.4. The van der Waals surface area contributed by atoms with E-state index in [1.165, 1.54) is 19.3 Å². The summed E-state index contributed by atoms with van der Waals surface area (Å²) >= 11 is 0. The maximum atomic E-state index is 10.3. The Morgan fingerprint density at radius 3 is 2.35 bits per heavy atom. The Kier molecular flexibility index (Phi) is 15.6. The summed E-state index contributed by atoms with van der Waals surface area (Å²) in [6.45, 7) is 2.19. The summed E-state index contributed by atoms with van der Waals surface area (Å²) in [6.07, 6.45) is 23.5. The molecule has 0 aliphatic rings. The molecule has 0 aromatic heterocycles. The molecular formula is C20H32O3. The van der Waals surface area contributed by atoms with Crippen LogP contribution in [0.5, 0.6) is 0 Å². The number of aliphatic carboxylic acids is 1. The second-order valence-corrected chi connectivity index (χ2v) is 5.61. The van der Waals surface area contributed by atoms with Gasteiger partial charge in [0.05, 0.1) is 6.10 Å². The lowest BCUT2D eigenvalue weighted by atomic mass is 10.1. The van der Waals surface area contributed by atoms with Crippen molar-refractivity contribution in [2.24, 2.45) is 0 Å². The summed E-state index contributed by atoms with van der Waals surface area (Å²) in [7, 11) is 0. The lowest BCUT2D eigenvalue weighted by molar-refractivity contribution is -0.137. The fourth-order valence-electron chi connectivity index (χ4n) is 1.98. The van der Waals surface area contributed by atoms with Crippen LogP contribution in [0, 0.1) is 0 Å². The molecule has 1 atom stereocenters. The van der Waals surface area contributed by atoms with Crippen molar-refractivity contribution in [3.8, 4) is 0 Å². The third kappa shape index (κ3) is 18.3. The molecule has 0 rings (SSSR count). The molecule has 0 unspecified atom stereocenters. The van der Waals surface area contributed by atoms with Gasteiger partial charge in [0.25, 0.3) is 0 Å².